The Morgan fingerprint density at radius 2 is 2.08 bits per heavy atom. The standard InChI is InChI=1S/C17H17ClN4O3/c1-9-2-3-11(18)14-15(9)20-22-12(8-13(23)19-16(14)22)10-4-6-21(7-5-10)17(24)25/h2-3,8,10H,4-7H2,1H3,(H,19,23)(H,24,25). The number of likely N-dealkylation sites (tertiary alicyclic amines) is 1. The molecule has 0 spiro atoms. The molecule has 0 bridgehead atoms. The summed E-state index contributed by atoms with van der Waals surface area (Å²) in [5, 5.41) is 15.1. The van der Waals surface area contributed by atoms with Crippen molar-refractivity contribution in [1.82, 2.24) is 19.5 Å². The summed E-state index contributed by atoms with van der Waals surface area (Å²) < 4.78 is 1.76. The van der Waals surface area contributed by atoms with Gasteiger partial charge in [0.25, 0.3) is 5.56 Å². The summed E-state index contributed by atoms with van der Waals surface area (Å²) in [7, 11) is 0. The third-order valence-corrected chi connectivity index (χ3v) is 5.24. The number of aryl methyl sites for hydroxylation is 1. The molecule has 1 amide bonds. The van der Waals surface area contributed by atoms with Crippen molar-refractivity contribution in [1.29, 1.82) is 0 Å². The first-order valence-corrected chi connectivity index (χ1v) is 8.52. The van der Waals surface area contributed by atoms with Crippen LogP contribution < -0.4 is 5.56 Å². The Balaban J connectivity index is 1.88. The van der Waals surface area contributed by atoms with Crippen molar-refractivity contribution in [3.05, 3.63) is 44.8 Å². The fourth-order valence-electron chi connectivity index (χ4n) is 3.59. The predicted molar refractivity (Wildman–Crippen MR) is 94.6 cm³/mol. The smallest absolute Gasteiger partial charge is 0.407 e. The van der Waals surface area contributed by atoms with Gasteiger partial charge >= 0.3 is 6.09 Å². The highest BCUT2D eigenvalue weighted by molar-refractivity contribution is 6.36. The molecule has 3 aromatic rings. The lowest BCUT2D eigenvalue weighted by Gasteiger charge is -2.30. The summed E-state index contributed by atoms with van der Waals surface area (Å²) in [5.41, 5.74) is 2.93. The third kappa shape index (κ3) is 2.55. The molecule has 0 saturated carbocycles. The number of hydrogen-bond donors (Lipinski definition) is 2. The summed E-state index contributed by atoms with van der Waals surface area (Å²) in [5.74, 6) is 0.0776. The van der Waals surface area contributed by atoms with Gasteiger partial charge in [-0.1, -0.05) is 17.7 Å². The number of fused-ring (bicyclic) bond motifs is 3. The molecule has 2 N–H and O–H groups in total. The Labute approximate surface area is 147 Å². The molecule has 1 saturated heterocycles. The molecule has 0 atom stereocenters. The number of benzene rings is 1. The number of hydrogen-bond acceptors (Lipinski definition) is 3. The van der Waals surface area contributed by atoms with Crippen LogP contribution in [0, 0.1) is 6.92 Å². The van der Waals surface area contributed by atoms with E-state index < -0.39 is 6.09 Å². The molecule has 4 rings (SSSR count). The second-order valence-electron chi connectivity index (χ2n) is 6.45. The monoisotopic (exact) mass is 360 g/mol. The molecular weight excluding hydrogens is 344 g/mol. The van der Waals surface area contributed by atoms with E-state index in [0.29, 0.717) is 36.6 Å². The minimum Gasteiger partial charge on any atom is -0.465 e. The highest BCUT2D eigenvalue weighted by Gasteiger charge is 2.26. The number of amides is 1. The molecule has 0 aliphatic carbocycles. The van der Waals surface area contributed by atoms with Crippen LogP contribution in [0.5, 0.6) is 0 Å². The fraction of sp³-hybridized carbons (Fsp3) is 0.353. The van der Waals surface area contributed by atoms with Gasteiger partial charge in [0.2, 0.25) is 0 Å². The topological polar surface area (TPSA) is 90.7 Å². The van der Waals surface area contributed by atoms with Crippen LogP contribution in [0.1, 0.15) is 30.0 Å². The molecule has 130 valence electrons. The van der Waals surface area contributed by atoms with Crippen LogP contribution in [-0.2, 0) is 0 Å². The molecule has 1 aliphatic heterocycles. The van der Waals surface area contributed by atoms with Crippen molar-refractivity contribution in [2.45, 2.75) is 25.7 Å². The van der Waals surface area contributed by atoms with Gasteiger partial charge in [0.05, 0.1) is 21.6 Å². The molecule has 8 heteroatoms. The Kier molecular flexibility index (Phi) is 3.68. The Morgan fingerprint density at radius 3 is 2.76 bits per heavy atom. The highest BCUT2D eigenvalue weighted by Crippen LogP contribution is 2.32. The van der Waals surface area contributed by atoms with E-state index in [1.54, 1.807) is 16.6 Å². The summed E-state index contributed by atoms with van der Waals surface area (Å²) in [6.07, 6.45) is 0.420. The summed E-state index contributed by atoms with van der Waals surface area (Å²) >= 11 is 6.35. The zero-order valence-corrected chi connectivity index (χ0v) is 14.4. The lowest BCUT2D eigenvalue weighted by atomic mass is 9.93. The number of carboxylic acid groups (broad SMARTS) is 1. The van der Waals surface area contributed by atoms with E-state index >= 15 is 0 Å². The van der Waals surface area contributed by atoms with Gasteiger partial charge < -0.3 is 15.0 Å². The first-order chi connectivity index (χ1) is 12.0. The average molecular weight is 361 g/mol. The average Bonchev–Trinajstić information content (AvgIpc) is 2.98. The van der Waals surface area contributed by atoms with Gasteiger partial charge in [0, 0.05) is 25.1 Å². The fourth-order valence-corrected chi connectivity index (χ4v) is 3.83. The number of aromatic nitrogens is 3. The number of piperidine rings is 1. The van der Waals surface area contributed by atoms with Crippen molar-refractivity contribution >= 4 is 34.2 Å². The number of aromatic amines is 1. The van der Waals surface area contributed by atoms with Crippen LogP contribution in [0.2, 0.25) is 5.02 Å². The van der Waals surface area contributed by atoms with Gasteiger partial charge in [-0.15, -0.1) is 0 Å². The van der Waals surface area contributed by atoms with Crippen molar-refractivity contribution < 1.29 is 9.90 Å². The Hall–Kier alpha value is -2.54. The van der Waals surface area contributed by atoms with Gasteiger partial charge in [-0.3, -0.25) is 4.79 Å². The lowest BCUT2D eigenvalue weighted by molar-refractivity contribution is 0.131. The summed E-state index contributed by atoms with van der Waals surface area (Å²) in [6.45, 7) is 2.86. The third-order valence-electron chi connectivity index (χ3n) is 4.93. The van der Waals surface area contributed by atoms with Crippen LogP contribution in [0.3, 0.4) is 0 Å². The molecular formula is C17H17ClN4O3. The van der Waals surface area contributed by atoms with Gasteiger partial charge in [-0.2, -0.15) is 5.10 Å². The van der Waals surface area contributed by atoms with Gasteiger partial charge in [-0.05, 0) is 31.4 Å². The zero-order valence-electron chi connectivity index (χ0n) is 13.6. The minimum atomic E-state index is -0.901. The SMILES string of the molecule is Cc1ccc(Cl)c2c1nn1c(C3CCN(C(=O)O)CC3)cc(=O)[nH]c21. The number of nitrogens with zero attached hydrogens (tertiary/aromatic N) is 3. The van der Waals surface area contributed by atoms with Crippen molar-refractivity contribution in [3.8, 4) is 0 Å². The molecule has 7 nitrogen and oxygen atoms in total. The summed E-state index contributed by atoms with van der Waals surface area (Å²) in [6, 6.07) is 5.26. The van der Waals surface area contributed by atoms with E-state index in [4.69, 9.17) is 16.7 Å². The largest absolute Gasteiger partial charge is 0.465 e. The van der Waals surface area contributed by atoms with E-state index in [1.165, 1.54) is 4.90 Å². The van der Waals surface area contributed by atoms with E-state index in [9.17, 15) is 9.59 Å². The van der Waals surface area contributed by atoms with Gasteiger partial charge in [-0.25, -0.2) is 9.31 Å². The van der Waals surface area contributed by atoms with Crippen LogP contribution in [0.15, 0.2) is 23.0 Å². The van der Waals surface area contributed by atoms with Crippen molar-refractivity contribution in [3.63, 3.8) is 0 Å². The van der Waals surface area contributed by atoms with Crippen LogP contribution in [0.25, 0.3) is 16.6 Å². The van der Waals surface area contributed by atoms with E-state index in [-0.39, 0.29) is 11.5 Å². The van der Waals surface area contributed by atoms with Gasteiger partial charge in [0.15, 0.2) is 0 Å². The molecule has 1 fully saturated rings. The maximum atomic E-state index is 12.2. The van der Waals surface area contributed by atoms with Crippen LogP contribution >= 0.6 is 11.6 Å². The first kappa shape index (κ1) is 16.0. The maximum absolute atomic E-state index is 12.2. The molecule has 25 heavy (non-hydrogen) atoms. The normalized spacial score (nSPS) is 16.0. The molecule has 1 aromatic carbocycles. The molecule has 0 unspecified atom stereocenters. The lowest BCUT2D eigenvalue weighted by Crippen LogP contribution is -2.37. The maximum Gasteiger partial charge on any atom is 0.407 e. The molecule has 1 aliphatic rings. The number of H-pyrrole nitrogens is 1. The Morgan fingerprint density at radius 1 is 1.36 bits per heavy atom. The Bertz CT molecular complexity index is 1050. The quantitative estimate of drug-likeness (QED) is 0.698. The minimum absolute atomic E-state index is 0.0776. The predicted octanol–water partition coefficient (Wildman–Crippen LogP) is 3.00. The molecule has 3 heterocycles. The summed E-state index contributed by atoms with van der Waals surface area (Å²) in [4.78, 5) is 27.6. The highest BCUT2D eigenvalue weighted by atomic mass is 35.5. The van der Waals surface area contributed by atoms with Crippen LogP contribution in [-0.4, -0.2) is 43.8 Å². The number of halogens is 1. The van der Waals surface area contributed by atoms with E-state index in [1.807, 2.05) is 13.0 Å². The molecule has 0 radical (unpaired) electrons. The van der Waals surface area contributed by atoms with Crippen molar-refractivity contribution in [2.24, 2.45) is 0 Å². The number of rotatable bonds is 1. The van der Waals surface area contributed by atoms with Crippen LogP contribution in [0.4, 0.5) is 4.79 Å². The molecule has 2 aromatic heterocycles. The van der Waals surface area contributed by atoms with E-state index in [2.05, 4.69) is 10.1 Å². The van der Waals surface area contributed by atoms with E-state index in [0.717, 1.165) is 22.2 Å². The van der Waals surface area contributed by atoms with Crippen molar-refractivity contribution in [2.75, 3.05) is 13.1 Å². The second kappa shape index (κ2) is 5.77. The van der Waals surface area contributed by atoms with Gasteiger partial charge in [0.1, 0.15) is 5.65 Å². The second-order valence-corrected chi connectivity index (χ2v) is 6.86. The number of nitrogens with one attached hydrogen (secondary N) is 1. The zero-order chi connectivity index (χ0) is 17.7. The first-order valence-electron chi connectivity index (χ1n) is 8.14. The number of carbonyl (C=O) groups is 1.